The molecule has 0 radical (unpaired) electrons. The summed E-state index contributed by atoms with van der Waals surface area (Å²) in [6.07, 6.45) is 4.79. The molecule has 1 amide bonds. The number of nitrogens with zero attached hydrogens (tertiary/aromatic N) is 3. The highest BCUT2D eigenvalue weighted by Gasteiger charge is 2.09. The first-order chi connectivity index (χ1) is 12.1. The topological polar surface area (TPSA) is 79.8 Å². The van der Waals surface area contributed by atoms with Gasteiger partial charge in [-0.1, -0.05) is 18.2 Å². The highest BCUT2D eigenvalue weighted by molar-refractivity contribution is 5.92. The smallest absolute Gasteiger partial charge is 0.270 e. The maximum atomic E-state index is 12.3. The molecule has 0 bridgehead atoms. The molecule has 0 aliphatic heterocycles. The zero-order valence-corrected chi connectivity index (χ0v) is 14.2. The Morgan fingerprint density at radius 3 is 2.80 bits per heavy atom. The number of aryl methyl sites for hydroxylation is 1. The molecule has 0 aliphatic rings. The summed E-state index contributed by atoms with van der Waals surface area (Å²) in [7, 11) is 0. The van der Waals surface area contributed by atoms with E-state index in [2.05, 4.69) is 38.6 Å². The van der Waals surface area contributed by atoms with Gasteiger partial charge >= 0.3 is 0 Å². The molecule has 3 rings (SSSR count). The summed E-state index contributed by atoms with van der Waals surface area (Å²) in [5.41, 5.74) is 4.53. The Bertz CT molecular complexity index is 880. The van der Waals surface area contributed by atoms with Crippen LogP contribution in [0.5, 0.6) is 0 Å². The molecule has 0 fully saturated rings. The third kappa shape index (κ3) is 4.17. The van der Waals surface area contributed by atoms with Gasteiger partial charge in [0.1, 0.15) is 17.8 Å². The first kappa shape index (κ1) is 16.6. The fourth-order valence-corrected chi connectivity index (χ4v) is 2.35. The van der Waals surface area contributed by atoms with Crippen molar-refractivity contribution in [1.29, 1.82) is 0 Å². The Labute approximate surface area is 146 Å². The van der Waals surface area contributed by atoms with Crippen LogP contribution in [0.25, 0.3) is 0 Å². The molecule has 6 heteroatoms. The van der Waals surface area contributed by atoms with Gasteiger partial charge < -0.3 is 10.6 Å². The van der Waals surface area contributed by atoms with E-state index in [1.165, 1.54) is 11.9 Å². The van der Waals surface area contributed by atoms with Crippen molar-refractivity contribution < 1.29 is 4.79 Å². The van der Waals surface area contributed by atoms with Crippen LogP contribution >= 0.6 is 0 Å². The van der Waals surface area contributed by atoms with Gasteiger partial charge in [0.2, 0.25) is 0 Å². The first-order valence-corrected chi connectivity index (χ1v) is 7.96. The van der Waals surface area contributed by atoms with Gasteiger partial charge in [0.15, 0.2) is 0 Å². The normalized spacial score (nSPS) is 10.3. The molecule has 0 aliphatic carbocycles. The lowest BCUT2D eigenvalue weighted by molar-refractivity contribution is 0.0945. The van der Waals surface area contributed by atoms with Crippen molar-refractivity contribution in [2.45, 2.75) is 20.4 Å². The van der Waals surface area contributed by atoms with E-state index in [1.54, 1.807) is 18.5 Å². The number of rotatable bonds is 5. The number of amides is 1. The Kier molecular flexibility index (Phi) is 4.99. The minimum Gasteiger partial charge on any atom is -0.347 e. The van der Waals surface area contributed by atoms with E-state index in [0.717, 1.165) is 16.8 Å². The SMILES string of the molecule is Cc1cccc(Nc2cc(C(=O)NCc3cccnc3)ncn2)c1C. The van der Waals surface area contributed by atoms with Gasteiger partial charge in [0, 0.05) is 30.7 Å². The van der Waals surface area contributed by atoms with Gasteiger partial charge in [-0.3, -0.25) is 9.78 Å². The van der Waals surface area contributed by atoms with Crippen LogP contribution in [0.1, 0.15) is 27.2 Å². The summed E-state index contributed by atoms with van der Waals surface area (Å²) in [4.78, 5) is 24.6. The third-order valence-corrected chi connectivity index (χ3v) is 3.94. The predicted molar refractivity (Wildman–Crippen MR) is 96.6 cm³/mol. The second kappa shape index (κ2) is 7.53. The van der Waals surface area contributed by atoms with Gasteiger partial charge in [-0.05, 0) is 42.7 Å². The fraction of sp³-hybridized carbons (Fsp3) is 0.158. The Morgan fingerprint density at radius 2 is 2.00 bits per heavy atom. The number of hydrogen-bond acceptors (Lipinski definition) is 5. The van der Waals surface area contributed by atoms with Crippen LogP contribution < -0.4 is 10.6 Å². The second-order valence-electron chi connectivity index (χ2n) is 5.70. The van der Waals surface area contributed by atoms with Crippen molar-refractivity contribution in [1.82, 2.24) is 20.3 Å². The van der Waals surface area contributed by atoms with Crippen LogP contribution in [0, 0.1) is 13.8 Å². The Hall–Kier alpha value is -3.28. The lowest BCUT2D eigenvalue weighted by Gasteiger charge is -2.11. The largest absolute Gasteiger partial charge is 0.347 e. The zero-order valence-electron chi connectivity index (χ0n) is 14.2. The van der Waals surface area contributed by atoms with Crippen molar-refractivity contribution in [2.75, 3.05) is 5.32 Å². The van der Waals surface area contributed by atoms with Crippen LogP contribution in [-0.4, -0.2) is 20.9 Å². The van der Waals surface area contributed by atoms with E-state index in [0.29, 0.717) is 18.1 Å². The van der Waals surface area contributed by atoms with Crippen LogP contribution in [0.2, 0.25) is 0 Å². The number of aromatic nitrogens is 3. The third-order valence-electron chi connectivity index (χ3n) is 3.94. The molecule has 0 spiro atoms. The monoisotopic (exact) mass is 333 g/mol. The fourth-order valence-electron chi connectivity index (χ4n) is 2.35. The van der Waals surface area contributed by atoms with Gasteiger partial charge in [0.25, 0.3) is 5.91 Å². The van der Waals surface area contributed by atoms with E-state index in [9.17, 15) is 4.79 Å². The molecule has 0 atom stereocenters. The highest BCUT2D eigenvalue weighted by atomic mass is 16.1. The second-order valence-corrected chi connectivity index (χ2v) is 5.70. The van der Waals surface area contributed by atoms with E-state index >= 15 is 0 Å². The van der Waals surface area contributed by atoms with Crippen molar-refractivity contribution >= 4 is 17.4 Å². The van der Waals surface area contributed by atoms with Gasteiger partial charge in [0.05, 0.1) is 0 Å². The first-order valence-electron chi connectivity index (χ1n) is 7.96. The van der Waals surface area contributed by atoms with Crippen molar-refractivity contribution in [3.05, 3.63) is 77.5 Å². The van der Waals surface area contributed by atoms with Gasteiger partial charge in [-0.25, -0.2) is 9.97 Å². The zero-order chi connectivity index (χ0) is 17.6. The highest BCUT2D eigenvalue weighted by Crippen LogP contribution is 2.21. The number of carbonyl (C=O) groups is 1. The van der Waals surface area contributed by atoms with E-state index in [-0.39, 0.29) is 5.91 Å². The minimum absolute atomic E-state index is 0.254. The maximum absolute atomic E-state index is 12.3. The summed E-state index contributed by atoms with van der Waals surface area (Å²) in [6, 6.07) is 11.4. The summed E-state index contributed by atoms with van der Waals surface area (Å²) in [5, 5.41) is 6.07. The maximum Gasteiger partial charge on any atom is 0.270 e. The average Bonchev–Trinajstić information content (AvgIpc) is 2.64. The van der Waals surface area contributed by atoms with Gasteiger partial charge in [-0.15, -0.1) is 0 Å². The van der Waals surface area contributed by atoms with Crippen LogP contribution in [0.15, 0.2) is 55.1 Å². The molecule has 0 saturated heterocycles. The summed E-state index contributed by atoms with van der Waals surface area (Å²) in [6.45, 7) is 4.49. The van der Waals surface area contributed by atoms with Crippen molar-refractivity contribution in [2.24, 2.45) is 0 Å². The number of nitrogens with one attached hydrogen (secondary N) is 2. The van der Waals surface area contributed by atoms with E-state index in [1.807, 2.05) is 31.2 Å². The molecule has 25 heavy (non-hydrogen) atoms. The molecule has 2 N–H and O–H groups in total. The standard InChI is InChI=1S/C19H19N5O/c1-13-5-3-7-16(14(13)2)24-18-9-17(22-12-23-18)19(25)21-11-15-6-4-8-20-10-15/h3-10,12H,11H2,1-2H3,(H,21,25)(H,22,23,24). The van der Waals surface area contributed by atoms with E-state index < -0.39 is 0 Å². The molecular formula is C19H19N5O. The van der Waals surface area contributed by atoms with Crippen molar-refractivity contribution in [3.8, 4) is 0 Å². The molecule has 6 nitrogen and oxygen atoms in total. The molecule has 2 heterocycles. The van der Waals surface area contributed by atoms with Crippen molar-refractivity contribution in [3.63, 3.8) is 0 Å². The van der Waals surface area contributed by atoms with E-state index in [4.69, 9.17) is 0 Å². The molecule has 0 unspecified atom stereocenters. The molecule has 3 aromatic rings. The molecular weight excluding hydrogens is 314 g/mol. The summed E-state index contributed by atoms with van der Waals surface area (Å²) < 4.78 is 0. The lowest BCUT2D eigenvalue weighted by Crippen LogP contribution is -2.24. The molecule has 1 aromatic carbocycles. The minimum atomic E-state index is -0.254. The molecule has 0 saturated carbocycles. The quantitative estimate of drug-likeness (QED) is 0.750. The van der Waals surface area contributed by atoms with Crippen LogP contribution in [0.4, 0.5) is 11.5 Å². The number of carbonyl (C=O) groups excluding carboxylic acids is 1. The number of pyridine rings is 1. The lowest BCUT2D eigenvalue weighted by atomic mass is 10.1. The van der Waals surface area contributed by atoms with Crippen LogP contribution in [-0.2, 0) is 6.54 Å². The Balaban J connectivity index is 1.70. The number of anilines is 2. The number of benzene rings is 1. The number of hydrogen-bond donors (Lipinski definition) is 2. The van der Waals surface area contributed by atoms with Crippen LogP contribution in [0.3, 0.4) is 0 Å². The molecule has 2 aromatic heterocycles. The predicted octanol–water partition coefficient (Wildman–Crippen LogP) is 3.16. The Morgan fingerprint density at radius 1 is 1.12 bits per heavy atom. The summed E-state index contributed by atoms with van der Waals surface area (Å²) >= 11 is 0. The van der Waals surface area contributed by atoms with Gasteiger partial charge in [-0.2, -0.15) is 0 Å². The molecule has 126 valence electrons. The summed E-state index contributed by atoms with van der Waals surface area (Å²) in [5.74, 6) is 0.325. The average molecular weight is 333 g/mol.